The highest BCUT2D eigenvalue weighted by molar-refractivity contribution is 5.59. The first-order chi connectivity index (χ1) is 17.0. The van der Waals surface area contributed by atoms with E-state index in [0.717, 1.165) is 35.5 Å². The van der Waals surface area contributed by atoms with Crippen LogP contribution in [-0.4, -0.2) is 46.9 Å². The zero-order chi connectivity index (χ0) is 25.8. The average Bonchev–Trinajstić information content (AvgIpc) is 2.82. The van der Waals surface area contributed by atoms with E-state index in [1.165, 1.54) is 22.7 Å². The van der Waals surface area contributed by atoms with Crippen molar-refractivity contribution in [3.8, 4) is 17.2 Å². The monoisotopic (exact) mass is 440 g/mol. The smallest absolute Gasteiger partial charge is 0.274 e. The molecule has 0 atom stereocenters. The summed E-state index contributed by atoms with van der Waals surface area (Å²) in [5.74, 6) is 1.49. The molecule has 0 saturated carbocycles. The predicted octanol–water partition coefficient (Wildman–Crippen LogP) is 3.09. The van der Waals surface area contributed by atoms with Crippen molar-refractivity contribution >= 4 is 11.5 Å². The van der Waals surface area contributed by atoms with Gasteiger partial charge in [-0.3, -0.25) is 4.79 Å². The van der Waals surface area contributed by atoms with Gasteiger partial charge in [0.25, 0.3) is 5.56 Å². The van der Waals surface area contributed by atoms with Gasteiger partial charge in [-0.05, 0) is 32.4 Å². The standard InChI is InChI=1S/C24H28N4O4/c1-4-17-13-22(29)28-23(25-17)15(2)16(3)24(26-28)27-9-7-18(8-10-27)32-19-5-6-20-21(14-19)31-12-11-30-20/h5-6,13-14,18H,4,7-12H2,1-3H3/i11D2,12D2. The lowest BCUT2D eigenvalue weighted by molar-refractivity contribution is 0.159. The average molecular weight is 441 g/mol. The van der Waals surface area contributed by atoms with Gasteiger partial charge in [0.15, 0.2) is 23.0 Å². The molecule has 8 nitrogen and oxygen atoms in total. The van der Waals surface area contributed by atoms with Crippen LogP contribution in [0.5, 0.6) is 17.2 Å². The zero-order valence-corrected chi connectivity index (χ0v) is 18.3. The molecule has 3 aromatic rings. The van der Waals surface area contributed by atoms with E-state index in [-0.39, 0.29) is 23.2 Å². The van der Waals surface area contributed by atoms with Crippen LogP contribution >= 0.6 is 0 Å². The Labute approximate surface area is 192 Å². The third-order valence-electron chi connectivity index (χ3n) is 6.06. The molecule has 0 bridgehead atoms. The number of hydrogen-bond donors (Lipinski definition) is 0. The highest BCUT2D eigenvalue weighted by Crippen LogP contribution is 2.35. The first-order valence-corrected chi connectivity index (χ1v) is 10.8. The Balaban J connectivity index is 1.30. The topological polar surface area (TPSA) is 78.2 Å². The molecular formula is C24H28N4O4. The maximum atomic E-state index is 12.6. The minimum Gasteiger partial charge on any atom is -0.490 e. The minimum absolute atomic E-state index is 0.0784. The molecule has 0 aliphatic carbocycles. The first kappa shape index (κ1) is 16.4. The Morgan fingerprint density at radius 3 is 2.62 bits per heavy atom. The Hall–Kier alpha value is -3.29. The van der Waals surface area contributed by atoms with E-state index in [2.05, 4.69) is 15.0 Å². The lowest BCUT2D eigenvalue weighted by Crippen LogP contribution is -2.39. The number of anilines is 1. The van der Waals surface area contributed by atoms with Gasteiger partial charge in [0.1, 0.15) is 25.0 Å². The molecule has 1 aromatic carbocycles. The van der Waals surface area contributed by atoms with Crippen LogP contribution in [0.4, 0.5) is 5.82 Å². The maximum absolute atomic E-state index is 12.6. The fourth-order valence-corrected chi connectivity index (χ4v) is 4.11. The van der Waals surface area contributed by atoms with Crippen molar-refractivity contribution in [3.05, 3.63) is 51.4 Å². The molecule has 0 spiro atoms. The number of hydrogen-bond acceptors (Lipinski definition) is 7. The zero-order valence-electron chi connectivity index (χ0n) is 22.3. The van der Waals surface area contributed by atoms with E-state index >= 15 is 0 Å². The number of aryl methyl sites for hydroxylation is 2. The second-order valence-electron chi connectivity index (χ2n) is 8.07. The van der Waals surface area contributed by atoms with E-state index in [1.807, 2.05) is 20.8 Å². The van der Waals surface area contributed by atoms with Crippen molar-refractivity contribution in [2.45, 2.75) is 46.1 Å². The van der Waals surface area contributed by atoms with Crippen LogP contribution in [0.3, 0.4) is 0 Å². The quantitative estimate of drug-likeness (QED) is 0.617. The van der Waals surface area contributed by atoms with Crippen LogP contribution in [0.1, 0.15) is 42.1 Å². The molecule has 1 fully saturated rings. The Morgan fingerprint density at radius 1 is 1.12 bits per heavy atom. The van der Waals surface area contributed by atoms with E-state index in [9.17, 15) is 4.79 Å². The maximum Gasteiger partial charge on any atom is 0.274 e. The molecular weight excluding hydrogens is 408 g/mol. The van der Waals surface area contributed by atoms with Crippen LogP contribution in [0.15, 0.2) is 29.1 Å². The van der Waals surface area contributed by atoms with Crippen molar-refractivity contribution < 1.29 is 19.7 Å². The van der Waals surface area contributed by atoms with Gasteiger partial charge in [-0.1, -0.05) is 6.92 Å². The second-order valence-corrected chi connectivity index (χ2v) is 8.07. The van der Waals surface area contributed by atoms with Gasteiger partial charge in [0.2, 0.25) is 0 Å². The third-order valence-corrected chi connectivity index (χ3v) is 6.06. The summed E-state index contributed by atoms with van der Waals surface area (Å²) >= 11 is 0. The highest BCUT2D eigenvalue weighted by Gasteiger charge is 2.25. The number of nitrogens with zero attached hydrogens (tertiary/aromatic N) is 4. The molecule has 0 amide bonds. The molecule has 32 heavy (non-hydrogen) atoms. The molecule has 0 N–H and O–H groups in total. The van der Waals surface area contributed by atoms with Crippen molar-refractivity contribution in [1.29, 1.82) is 0 Å². The molecule has 2 aliphatic heterocycles. The molecule has 8 heteroatoms. The summed E-state index contributed by atoms with van der Waals surface area (Å²) in [5, 5.41) is 4.65. The van der Waals surface area contributed by atoms with E-state index in [1.54, 1.807) is 6.07 Å². The van der Waals surface area contributed by atoms with Crippen molar-refractivity contribution in [2.24, 2.45) is 0 Å². The second kappa shape index (κ2) is 8.33. The van der Waals surface area contributed by atoms with E-state index < -0.39 is 13.1 Å². The molecule has 0 radical (unpaired) electrons. The Bertz CT molecular complexity index is 1390. The number of aromatic nitrogens is 3. The molecule has 0 unspecified atom stereocenters. The minimum atomic E-state index is -2.62. The van der Waals surface area contributed by atoms with E-state index in [0.29, 0.717) is 30.9 Å². The Kier molecular flexibility index (Phi) is 4.26. The predicted molar refractivity (Wildman–Crippen MR) is 121 cm³/mol. The summed E-state index contributed by atoms with van der Waals surface area (Å²) in [4.78, 5) is 19.4. The number of rotatable bonds is 4. The van der Waals surface area contributed by atoms with Crippen molar-refractivity contribution in [1.82, 2.24) is 14.6 Å². The number of benzene rings is 1. The SMILES string of the molecule is [2H]C1([2H])Oc2ccc(OC3CCN(c4nn5c(=O)cc(CC)nc5c(C)c4C)CC3)cc2OC1([2H])[2H]. The number of ether oxygens (including phenoxy) is 3. The largest absolute Gasteiger partial charge is 0.490 e. The van der Waals surface area contributed by atoms with Crippen LogP contribution in [-0.2, 0) is 6.42 Å². The summed E-state index contributed by atoms with van der Waals surface area (Å²) in [5.41, 5.74) is 3.09. The summed E-state index contributed by atoms with van der Waals surface area (Å²) in [6.07, 6.45) is 2.05. The van der Waals surface area contributed by atoms with Gasteiger partial charge in [0.05, 0.1) is 5.48 Å². The van der Waals surface area contributed by atoms with Crippen LogP contribution in [0.2, 0.25) is 0 Å². The fraction of sp³-hybridized carbons (Fsp3) is 0.458. The highest BCUT2D eigenvalue weighted by atomic mass is 16.6. The van der Waals surface area contributed by atoms with Gasteiger partial charge in [-0.2, -0.15) is 4.52 Å². The summed E-state index contributed by atoms with van der Waals surface area (Å²) in [6.45, 7) is 2.09. The van der Waals surface area contributed by atoms with Gasteiger partial charge >= 0.3 is 0 Å². The summed E-state index contributed by atoms with van der Waals surface area (Å²) < 4.78 is 48.8. The van der Waals surface area contributed by atoms with Gasteiger partial charge in [0, 0.05) is 54.9 Å². The first-order valence-electron chi connectivity index (χ1n) is 12.8. The van der Waals surface area contributed by atoms with Crippen molar-refractivity contribution in [2.75, 3.05) is 31.1 Å². The molecule has 168 valence electrons. The lowest BCUT2D eigenvalue weighted by Gasteiger charge is -2.34. The number of fused-ring (bicyclic) bond motifs is 2. The normalized spacial score (nSPS) is 21.4. The van der Waals surface area contributed by atoms with Crippen molar-refractivity contribution in [3.63, 3.8) is 0 Å². The summed E-state index contributed by atoms with van der Waals surface area (Å²) in [6, 6.07) is 6.24. The van der Waals surface area contributed by atoms with Gasteiger partial charge < -0.3 is 19.1 Å². The number of piperidine rings is 1. The Morgan fingerprint density at radius 2 is 1.88 bits per heavy atom. The van der Waals surface area contributed by atoms with Crippen LogP contribution in [0.25, 0.3) is 5.65 Å². The molecule has 2 aromatic heterocycles. The molecule has 5 rings (SSSR count). The van der Waals surface area contributed by atoms with Gasteiger partial charge in [-0.15, -0.1) is 5.10 Å². The summed E-state index contributed by atoms with van der Waals surface area (Å²) in [7, 11) is 0. The van der Waals surface area contributed by atoms with E-state index in [4.69, 9.17) is 19.7 Å². The van der Waals surface area contributed by atoms with Crippen LogP contribution in [0, 0.1) is 13.8 Å². The lowest BCUT2D eigenvalue weighted by atomic mass is 10.1. The molecule has 4 heterocycles. The third kappa shape index (κ3) is 3.74. The fourth-order valence-electron chi connectivity index (χ4n) is 4.11. The molecule has 1 saturated heterocycles. The van der Waals surface area contributed by atoms with Gasteiger partial charge in [-0.25, -0.2) is 4.98 Å². The molecule has 2 aliphatic rings. The van der Waals surface area contributed by atoms with Crippen LogP contribution < -0.4 is 24.7 Å².